The molecule has 21 heavy (non-hydrogen) atoms. The summed E-state index contributed by atoms with van der Waals surface area (Å²) in [6.07, 6.45) is 2.48. The fourth-order valence-electron chi connectivity index (χ4n) is 2.64. The van der Waals surface area contributed by atoms with Crippen molar-refractivity contribution in [2.45, 2.75) is 38.5 Å². The van der Waals surface area contributed by atoms with E-state index >= 15 is 0 Å². The van der Waals surface area contributed by atoms with Crippen LogP contribution in [0.15, 0.2) is 35.7 Å². The monoisotopic (exact) mass is 304 g/mol. The van der Waals surface area contributed by atoms with Gasteiger partial charge < -0.3 is 5.32 Å². The smallest absolute Gasteiger partial charge is 0.127 e. The molecule has 0 aliphatic heterocycles. The van der Waals surface area contributed by atoms with Crippen LogP contribution >= 0.6 is 11.3 Å². The first-order valence-corrected chi connectivity index (χ1v) is 8.32. The molecule has 1 aliphatic rings. The Labute approximate surface area is 129 Å². The van der Waals surface area contributed by atoms with Gasteiger partial charge in [0.25, 0.3) is 0 Å². The quantitative estimate of drug-likeness (QED) is 0.837. The van der Waals surface area contributed by atoms with Crippen LogP contribution in [0.5, 0.6) is 0 Å². The molecular formula is C17H21FN2S. The molecule has 1 N–H and O–H groups in total. The largest absolute Gasteiger partial charge is 0.316 e. The fourth-order valence-corrected chi connectivity index (χ4v) is 3.37. The summed E-state index contributed by atoms with van der Waals surface area (Å²) in [4.78, 5) is 3.77. The van der Waals surface area contributed by atoms with Crippen molar-refractivity contribution in [3.63, 3.8) is 0 Å². The summed E-state index contributed by atoms with van der Waals surface area (Å²) >= 11 is 1.78. The Morgan fingerprint density at radius 1 is 1.29 bits per heavy atom. The highest BCUT2D eigenvalue weighted by Gasteiger charge is 2.29. The Morgan fingerprint density at radius 2 is 2.14 bits per heavy atom. The lowest BCUT2D eigenvalue weighted by Gasteiger charge is -2.22. The fraction of sp³-hybridized carbons (Fsp3) is 0.412. The number of benzene rings is 1. The second-order valence-electron chi connectivity index (χ2n) is 5.67. The van der Waals surface area contributed by atoms with E-state index in [-0.39, 0.29) is 5.82 Å². The molecule has 4 heteroatoms. The number of halogens is 1. The predicted molar refractivity (Wildman–Crippen MR) is 85.8 cm³/mol. The van der Waals surface area contributed by atoms with Crippen molar-refractivity contribution in [1.82, 2.24) is 10.2 Å². The van der Waals surface area contributed by atoms with Crippen molar-refractivity contribution in [1.29, 1.82) is 0 Å². The SMILES string of the molecule is CNCc1ccc(F)c(CN(Cc2cccs2)C2CC2)c1. The van der Waals surface area contributed by atoms with Gasteiger partial charge in [-0.2, -0.15) is 0 Å². The number of thiophene rings is 1. The van der Waals surface area contributed by atoms with Gasteiger partial charge in [0, 0.05) is 36.1 Å². The Balaban J connectivity index is 1.74. The minimum absolute atomic E-state index is 0.0910. The van der Waals surface area contributed by atoms with Gasteiger partial charge in [-0.15, -0.1) is 11.3 Å². The molecule has 3 rings (SSSR count). The number of hydrogen-bond acceptors (Lipinski definition) is 3. The Hall–Kier alpha value is -1.23. The maximum absolute atomic E-state index is 14.1. The molecule has 0 spiro atoms. The first-order chi connectivity index (χ1) is 10.3. The summed E-state index contributed by atoms with van der Waals surface area (Å²) in [6, 6.07) is 10.3. The van der Waals surface area contributed by atoms with Gasteiger partial charge in [0.1, 0.15) is 5.82 Å². The third-order valence-corrected chi connectivity index (χ3v) is 4.73. The number of nitrogens with zero attached hydrogens (tertiary/aromatic N) is 1. The summed E-state index contributed by atoms with van der Waals surface area (Å²) in [5.41, 5.74) is 1.95. The molecule has 0 amide bonds. The minimum Gasteiger partial charge on any atom is -0.316 e. The van der Waals surface area contributed by atoms with Gasteiger partial charge in [0.2, 0.25) is 0 Å². The van der Waals surface area contributed by atoms with Gasteiger partial charge in [0.15, 0.2) is 0 Å². The van der Waals surface area contributed by atoms with Gasteiger partial charge in [-0.3, -0.25) is 4.90 Å². The van der Waals surface area contributed by atoms with Crippen LogP contribution in [0.25, 0.3) is 0 Å². The second kappa shape index (κ2) is 6.69. The van der Waals surface area contributed by atoms with Crippen molar-refractivity contribution in [3.05, 3.63) is 57.5 Å². The highest BCUT2D eigenvalue weighted by atomic mass is 32.1. The molecule has 0 saturated heterocycles. The van der Waals surface area contributed by atoms with E-state index in [2.05, 4.69) is 27.7 Å². The van der Waals surface area contributed by atoms with Crippen LogP contribution in [0.1, 0.15) is 28.8 Å². The van der Waals surface area contributed by atoms with Gasteiger partial charge >= 0.3 is 0 Å². The second-order valence-corrected chi connectivity index (χ2v) is 6.70. The highest BCUT2D eigenvalue weighted by molar-refractivity contribution is 7.09. The van der Waals surface area contributed by atoms with Crippen molar-refractivity contribution < 1.29 is 4.39 Å². The number of nitrogens with one attached hydrogen (secondary N) is 1. The van der Waals surface area contributed by atoms with Crippen LogP contribution in [0.2, 0.25) is 0 Å². The first-order valence-electron chi connectivity index (χ1n) is 7.44. The highest BCUT2D eigenvalue weighted by Crippen LogP contribution is 2.31. The molecule has 1 aromatic carbocycles. The van der Waals surface area contributed by atoms with E-state index in [1.54, 1.807) is 17.4 Å². The zero-order valence-corrected chi connectivity index (χ0v) is 13.1. The van der Waals surface area contributed by atoms with Crippen molar-refractivity contribution in [2.75, 3.05) is 7.05 Å². The molecule has 1 heterocycles. The molecule has 1 saturated carbocycles. The lowest BCUT2D eigenvalue weighted by molar-refractivity contribution is 0.244. The van der Waals surface area contributed by atoms with E-state index in [0.29, 0.717) is 12.6 Å². The van der Waals surface area contributed by atoms with Crippen LogP contribution < -0.4 is 5.32 Å². The molecule has 2 nitrogen and oxygen atoms in total. The Kier molecular flexibility index (Phi) is 4.68. The van der Waals surface area contributed by atoms with E-state index in [1.165, 1.54) is 17.7 Å². The topological polar surface area (TPSA) is 15.3 Å². The third-order valence-electron chi connectivity index (χ3n) is 3.87. The lowest BCUT2D eigenvalue weighted by Crippen LogP contribution is -2.25. The van der Waals surface area contributed by atoms with Gasteiger partial charge in [0.05, 0.1) is 0 Å². The minimum atomic E-state index is -0.0910. The molecule has 0 atom stereocenters. The number of rotatable bonds is 7. The van der Waals surface area contributed by atoms with E-state index in [9.17, 15) is 4.39 Å². The summed E-state index contributed by atoms with van der Waals surface area (Å²) in [7, 11) is 1.91. The first kappa shape index (κ1) is 14.7. The Bertz CT molecular complexity index is 578. The molecule has 1 fully saturated rings. The maximum Gasteiger partial charge on any atom is 0.127 e. The van der Waals surface area contributed by atoms with Gasteiger partial charge in [-0.1, -0.05) is 18.2 Å². The van der Waals surface area contributed by atoms with E-state index < -0.39 is 0 Å². The maximum atomic E-state index is 14.1. The zero-order chi connectivity index (χ0) is 14.7. The molecule has 2 aromatic rings. The normalized spacial score (nSPS) is 14.8. The average molecular weight is 304 g/mol. The molecule has 0 radical (unpaired) electrons. The molecule has 1 aromatic heterocycles. The molecular weight excluding hydrogens is 283 g/mol. The molecule has 0 bridgehead atoms. The molecule has 112 valence electrons. The lowest BCUT2D eigenvalue weighted by atomic mass is 10.1. The van der Waals surface area contributed by atoms with Crippen molar-refractivity contribution >= 4 is 11.3 Å². The summed E-state index contributed by atoms with van der Waals surface area (Å²) in [5.74, 6) is -0.0910. The van der Waals surface area contributed by atoms with Crippen LogP contribution in [-0.4, -0.2) is 18.0 Å². The van der Waals surface area contributed by atoms with Crippen molar-refractivity contribution in [3.8, 4) is 0 Å². The van der Waals surface area contributed by atoms with Crippen LogP contribution in [-0.2, 0) is 19.6 Å². The van der Waals surface area contributed by atoms with E-state index in [0.717, 1.165) is 24.2 Å². The predicted octanol–water partition coefficient (Wildman–Crippen LogP) is 3.77. The number of hydrogen-bond donors (Lipinski definition) is 1. The van der Waals surface area contributed by atoms with E-state index in [1.807, 2.05) is 19.2 Å². The molecule has 1 aliphatic carbocycles. The molecule has 0 unspecified atom stereocenters. The van der Waals surface area contributed by atoms with Crippen LogP contribution in [0.3, 0.4) is 0 Å². The summed E-state index contributed by atoms with van der Waals surface area (Å²) < 4.78 is 14.1. The van der Waals surface area contributed by atoms with E-state index in [4.69, 9.17) is 0 Å². The van der Waals surface area contributed by atoms with Gasteiger partial charge in [-0.25, -0.2) is 4.39 Å². The standard InChI is InChI=1S/C17H21FN2S/c1-19-10-13-4-7-17(18)14(9-13)11-20(15-5-6-15)12-16-3-2-8-21-16/h2-4,7-9,15,19H,5-6,10-12H2,1H3. The van der Waals surface area contributed by atoms with Gasteiger partial charge in [-0.05, 0) is 43.0 Å². The Morgan fingerprint density at radius 3 is 2.81 bits per heavy atom. The van der Waals surface area contributed by atoms with Crippen molar-refractivity contribution in [2.24, 2.45) is 0 Å². The van der Waals surface area contributed by atoms with Crippen LogP contribution in [0.4, 0.5) is 4.39 Å². The third kappa shape index (κ3) is 3.90. The average Bonchev–Trinajstić information content (AvgIpc) is 3.20. The summed E-state index contributed by atoms with van der Waals surface area (Å²) in [5, 5.41) is 5.23. The zero-order valence-electron chi connectivity index (χ0n) is 12.3. The summed E-state index contributed by atoms with van der Waals surface area (Å²) in [6.45, 7) is 2.41. The van der Waals surface area contributed by atoms with Crippen LogP contribution in [0, 0.1) is 5.82 Å².